The van der Waals surface area contributed by atoms with Crippen LogP contribution in [-0.4, -0.2) is 31.3 Å². The Labute approximate surface area is 125 Å². The largest absolute Gasteiger partial charge is 0.477 e. The second-order valence-corrected chi connectivity index (χ2v) is 7.84. The number of carboxylic acids is 1. The average Bonchev–Trinajstić information content (AvgIpc) is 2.96. The number of aromatic carboxylic acids is 1. The predicted octanol–water partition coefficient (Wildman–Crippen LogP) is 2.00. The van der Waals surface area contributed by atoms with Crippen molar-refractivity contribution >= 4 is 37.2 Å². The van der Waals surface area contributed by atoms with E-state index in [2.05, 4.69) is 5.32 Å². The van der Waals surface area contributed by atoms with Crippen LogP contribution >= 0.6 is 11.3 Å². The minimum Gasteiger partial charge on any atom is -0.477 e. The summed E-state index contributed by atoms with van der Waals surface area (Å²) in [6, 6.07) is 7.24. The molecule has 1 aromatic carbocycles. The van der Waals surface area contributed by atoms with Crippen molar-refractivity contribution in [1.82, 2.24) is 5.32 Å². The van der Waals surface area contributed by atoms with Gasteiger partial charge in [0.25, 0.3) is 0 Å². The van der Waals surface area contributed by atoms with Crippen molar-refractivity contribution in [3.8, 4) is 0 Å². The lowest BCUT2D eigenvalue weighted by molar-refractivity contribution is 0.0701. The second-order valence-electron chi connectivity index (χ2n) is 4.86. The summed E-state index contributed by atoms with van der Waals surface area (Å²) in [5.74, 6) is -0.931. The number of fused-ring (bicyclic) bond motifs is 1. The molecule has 7 heteroatoms. The van der Waals surface area contributed by atoms with Crippen LogP contribution in [0, 0.1) is 0 Å². The molecular weight excluding hydrogens is 310 g/mol. The van der Waals surface area contributed by atoms with Crippen LogP contribution in [0.5, 0.6) is 0 Å². The van der Waals surface area contributed by atoms with Gasteiger partial charge in [0.2, 0.25) is 0 Å². The highest BCUT2D eigenvalue weighted by Crippen LogP contribution is 2.31. The van der Waals surface area contributed by atoms with Crippen LogP contribution in [0.2, 0.25) is 0 Å². The quantitative estimate of drug-likeness (QED) is 0.899. The normalized spacial score (nSPS) is 20.1. The van der Waals surface area contributed by atoms with E-state index in [9.17, 15) is 18.3 Å². The molecule has 5 nitrogen and oxygen atoms in total. The molecule has 0 saturated heterocycles. The Morgan fingerprint density at radius 1 is 1.38 bits per heavy atom. The molecule has 0 saturated carbocycles. The summed E-state index contributed by atoms with van der Waals surface area (Å²) < 4.78 is 23.7. The Bertz CT molecular complexity index is 836. The van der Waals surface area contributed by atoms with Gasteiger partial charge in [0.15, 0.2) is 9.84 Å². The Balaban J connectivity index is 1.88. The van der Waals surface area contributed by atoms with Gasteiger partial charge in [0, 0.05) is 22.7 Å². The molecule has 21 heavy (non-hydrogen) atoms. The van der Waals surface area contributed by atoms with E-state index in [1.54, 1.807) is 6.08 Å². The number of sulfone groups is 1. The second kappa shape index (κ2) is 5.25. The summed E-state index contributed by atoms with van der Waals surface area (Å²) >= 11 is 1.24. The van der Waals surface area contributed by atoms with Crippen molar-refractivity contribution in [2.24, 2.45) is 0 Å². The number of hydrogen-bond acceptors (Lipinski definition) is 5. The zero-order valence-electron chi connectivity index (χ0n) is 10.9. The molecule has 2 aromatic rings. The summed E-state index contributed by atoms with van der Waals surface area (Å²) in [4.78, 5) is 11.7. The molecule has 0 amide bonds. The van der Waals surface area contributed by atoms with E-state index in [1.165, 1.54) is 16.7 Å². The Kier molecular flexibility index (Phi) is 3.56. The van der Waals surface area contributed by atoms with Crippen LogP contribution in [-0.2, 0) is 16.4 Å². The minimum atomic E-state index is -3.11. The zero-order valence-corrected chi connectivity index (χ0v) is 12.6. The van der Waals surface area contributed by atoms with E-state index in [0.717, 1.165) is 10.1 Å². The number of nitrogens with one attached hydrogen (secondary N) is 1. The molecule has 1 atom stereocenters. The molecule has 1 aliphatic heterocycles. The Hall–Kier alpha value is -1.70. The number of benzene rings is 1. The number of thiophene rings is 1. The Morgan fingerprint density at radius 2 is 2.14 bits per heavy atom. The molecular formula is C14H13NO4S2. The molecule has 3 rings (SSSR count). The van der Waals surface area contributed by atoms with E-state index in [1.807, 2.05) is 24.3 Å². The summed E-state index contributed by atoms with van der Waals surface area (Å²) in [6.45, 7) is 0.330. The molecule has 0 bridgehead atoms. The highest BCUT2D eigenvalue weighted by Gasteiger charge is 2.23. The fraction of sp³-hybridized carbons (Fsp3) is 0.214. The predicted molar refractivity (Wildman–Crippen MR) is 82.3 cm³/mol. The first-order chi connectivity index (χ1) is 9.96. The summed E-state index contributed by atoms with van der Waals surface area (Å²) in [5.41, 5.74) is 0.709. The molecule has 1 unspecified atom stereocenters. The molecule has 0 fully saturated rings. The van der Waals surface area contributed by atoms with E-state index in [4.69, 9.17) is 0 Å². The van der Waals surface area contributed by atoms with Crippen molar-refractivity contribution in [1.29, 1.82) is 0 Å². The van der Waals surface area contributed by atoms with Crippen molar-refractivity contribution in [3.63, 3.8) is 0 Å². The first-order valence-corrected chi connectivity index (χ1v) is 8.87. The molecule has 110 valence electrons. The smallest absolute Gasteiger partial charge is 0.346 e. The standard InChI is InChI=1S/C14H13NO4S2/c16-14(17)13-11(10-3-1-2-4-12(10)20-13)7-15-9-5-6-21(18,19)8-9/h1-6,9,15H,7-8H2,(H,16,17). The van der Waals surface area contributed by atoms with Gasteiger partial charge < -0.3 is 10.4 Å². The van der Waals surface area contributed by atoms with E-state index in [0.29, 0.717) is 17.0 Å². The molecule has 0 spiro atoms. The van der Waals surface area contributed by atoms with Crippen LogP contribution in [0.4, 0.5) is 0 Å². The molecule has 2 N–H and O–H groups in total. The third kappa shape index (κ3) is 2.85. The van der Waals surface area contributed by atoms with Gasteiger partial charge in [-0.3, -0.25) is 0 Å². The van der Waals surface area contributed by atoms with Gasteiger partial charge in [-0.2, -0.15) is 0 Å². The maximum Gasteiger partial charge on any atom is 0.346 e. The van der Waals surface area contributed by atoms with Crippen molar-refractivity contribution < 1.29 is 18.3 Å². The highest BCUT2D eigenvalue weighted by atomic mass is 32.2. The van der Waals surface area contributed by atoms with E-state index in [-0.39, 0.29) is 11.8 Å². The minimum absolute atomic E-state index is 0.0253. The first kappa shape index (κ1) is 14.2. The van der Waals surface area contributed by atoms with Gasteiger partial charge in [-0.05, 0) is 17.0 Å². The van der Waals surface area contributed by atoms with Crippen molar-refractivity contribution in [2.45, 2.75) is 12.6 Å². The summed E-state index contributed by atoms with van der Waals surface area (Å²) in [5, 5.41) is 14.5. The van der Waals surface area contributed by atoms with Crippen molar-refractivity contribution in [2.75, 3.05) is 5.75 Å². The summed E-state index contributed by atoms with van der Waals surface area (Å²) in [6.07, 6.45) is 1.60. The first-order valence-electron chi connectivity index (χ1n) is 6.34. The van der Waals surface area contributed by atoms with Crippen LogP contribution in [0.25, 0.3) is 10.1 Å². The average molecular weight is 323 g/mol. The highest BCUT2D eigenvalue weighted by molar-refractivity contribution is 7.94. The fourth-order valence-corrected chi connectivity index (χ4v) is 4.71. The zero-order chi connectivity index (χ0) is 15.0. The third-order valence-electron chi connectivity index (χ3n) is 3.36. The topological polar surface area (TPSA) is 83.5 Å². The number of rotatable bonds is 4. The van der Waals surface area contributed by atoms with E-state index >= 15 is 0 Å². The van der Waals surface area contributed by atoms with Crippen molar-refractivity contribution in [3.05, 3.63) is 46.2 Å². The number of carbonyl (C=O) groups is 1. The van der Waals surface area contributed by atoms with Gasteiger partial charge in [-0.15, -0.1) is 11.3 Å². The lowest BCUT2D eigenvalue weighted by Gasteiger charge is -2.10. The fourth-order valence-electron chi connectivity index (χ4n) is 2.38. The third-order valence-corrected chi connectivity index (χ3v) is 5.96. The van der Waals surface area contributed by atoms with Gasteiger partial charge in [0.1, 0.15) is 4.88 Å². The lowest BCUT2D eigenvalue weighted by atomic mass is 10.1. The van der Waals surface area contributed by atoms with Gasteiger partial charge in [0.05, 0.1) is 5.75 Å². The SMILES string of the molecule is O=C(O)c1sc2ccccc2c1CNC1C=CS(=O)(=O)C1. The van der Waals surface area contributed by atoms with Crippen LogP contribution in [0.3, 0.4) is 0 Å². The van der Waals surface area contributed by atoms with Crippen LogP contribution < -0.4 is 5.32 Å². The van der Waals surface area contributed by atoms with Crippen LogP contribution in [0.15, 0.2) is 35.7 Å². The monoisotopic (exact) mass is 323 g/mol. The van der Waals surface area contributed by atoms with E-state index < -0.39 is 15.8 Å². The summed E-state index contributed by atoms with van der Waals surface area (Å²) in [7, 11) is -3.11. The van der Waals surface area contributed by atoms with Gasteiger partial charge in [-0.1, -0.05) is 24.3 Å². The van der Waals surface area contributed by atoms with Gasteiger partial charge in [-0.25, -0.2) is 13.2 Å². The number of carboxylic acid groups (broad SMARTS) is 1. The molecule has 1 aliphatic rings. The molecule has 0 aliphatic carbocycles. The Morgan fingerprint density at radius 3 is 2.81 bits per heavy atom. The molecule has 2 heterocycles. The molecule has 1 aromatic heterocycles. The number of hydrogen-bond donors (Lipinski definition) is 2. The lowest BCUT2D eigenvalue weighted by Crippen LogP contribution is -2.29. The van der Waals surface area contributed by atoms with Crippen LogP contribution in [0.1, 0.15) is 15.2 Å². The van der Waals surface area contributed by atoms with Gasteiger partial charge >= 0.3 is 5.97 Å². The molecule has 0 radical (unpaired) electrons. The maximum absolute atomic E-state index is 11.4. The maximum atomic E-state index is 11.4.